The first-order valence-corrected chi connectivity index (χ1v) is 11.5. The molecule has 0 unspecified atom stereocenters. The number of hydrogen-bond acceptors (Lipinski definition) is 3. The average Bonchev–Trinajstić information content (AvgIpc) is 2.93. The Kier molecular flexibility index (Phi) is 8.02. The quantitative estimate of drug-likeness (QED) is 0.313. The highest BCUT2D eigenvalue weighted by atomic mass is 16.2. The Balaban J connectivity index is 1.45. The van der Waals surface area contributed by atoms with Gasteiger partial charge in [0, 0.05) is 23.4 Å². The summed E-state index contributed by atoms with van der Waals surface area (Å²) in [5, 5.41) is 8.38. The minimum Gasteiger partial charge on any atom is -0.347 e. The van der Waals surface area contributed by atoms with Crippen molar-refractivity contribution in [1.29, 1.82) is 0 Å². The van der Waals surface area contributed by atoms with E-state index in [1.54, 1.807) is 54.6 Å². The van der Waals surface area contributed by atoms with Crippen LogP contribution in [0.3, 0.4) is 0 Å². The van der Waals surface area contributed by atoms with Crippen molar-refractivity contribution in [2.75, 3.05) is 5.32 Å². The van der Waals surface area contributed by atoms with Gasteiger partial charge in [0.05, 0.1) is 0 Å². The molecule has 0 aromatic heterocycles. The van der Waals surface area contributed by atoms with Gasteiger partial charge in [-0.15, -0.1) is 0 Å². The molecule has 0 fully saturated rings. The van der Waals surface area contributed by atoms with Crippen molar-refractivity contribution in [2.24, 2.45) is 0 Å². The molecule has 0 saturated heterocycles. The second-order valence-electron chi connectivity index (χ2n) is 7.99. The maximum Gasteiger partial charge on any atom is 0.268 e. The Morgan fingerprint density at radius 1 is 0.611 bits per heavy atom. The van der Waals surface area contributed by atoms with Crippen LogP contribution >= 0.6 is 0 Å². The highest BCUT2D eigenvalue weighted by Crippen LogP contribution is 2.13. The first-order valence-electron chi connectivity index (χ1n) is 11.5. The number of anilines is 1. The van der Waals surface area contributed by atoms with Crippen LogP contribution in [0.5, 0.6) is 0 Å². The van der Waals surface area contributed by atoms with Crippen LogP contribution in [0.2, 0.25) is 0 Å². The zero-order valence-electron chi connectivity index (χ0n) is 19.5. The molecule has 3 amide bonds. The van der Waals surface area contributed by atoms with Crippen LogP contribution in [0.4, 0.5) is 5.69 Å². The maximum absolute atomic E-state index is 13.0. The molecule has 0 aliphatic carbocycles. The van der Waals surface area contributed by atoms with Crippen molar-refractivity contribution in [3.05, 3.63) is 143 Å². The van der Waals surface area contributed by atoms with E-state index in [9.17, 15) is 14.4 Å². The molecule has 0 spiro atoms. The fourth-order valence-corrected chi connectivity index (χ4v) is 3.44. The molecule has 4 aromatic carbocycles. The predicted octanol–water partition coefficient (Wildman–Crippen LogP) is 5.03. The standard InChI is InChI=1S/C30H25N3O3/c34-28(24-14-8-3-9-15-24)32-26-18-16-25(17-19-26)29(35)33-27(20-22-10-4-1-5-11-22)30(36)31-21-23-12-6-2-7-13-23/h1-20H,21H2,(H,31,36)(H,32,34)(H,33,35). The molecule has 36 heavy (non-hydrogen) atoms. The lowest BCUT2D eigenvalue weighted by Gasteiger charge is -2.12. The molecule has 0 atom stereocenters. The maximum atomic E-state index is 13.0. The van der Waals surface area contributed by atoms with Gasteiger partial charge in [-0.1, -0.05) is 78.9 Å². The smallest absolute Gasteiger partial charge is 0.268 e. The molecule has 4 rings (SSSR count). The van der Waals surface area contributed by atoms with E-state index in [0.717, 1.165) is 11.1 Å². The van der Waals surface area contributed by atoms with Crippen molar-refractivity contribution in [3.63, 3.8) is 0 Å². The Hall–Kier alpha value is -4.97. The second kappa shape index (κ2) is 11.9. The number of rotatable bonds is 8. The lowest BCUT2D eigenvalue weighted by atomic mass is 10.1. The zero-order chi connectivity index (χ0) is 25.2. The fourth-order valence-electron chi connectivity index (χ4n) is 3.44. The van der Waals surface area contributed by atoms with E-state index in [2.05, 4.69) is 16.0 Å². The molecule has 0 aliphatic heterocycles. The number of nitrogens with one attached hydrogen (secondary N) is 3. The first-order chi connectivity index (χ1) is 17.6. The summed E-state index contributed by atoms with van der Waals surface area (Å²) in [4.78, 5) is 38.3. The van der Waals surface area contributed by atoms with Gasteiger partial charge in [0.2, 0.25) is 0 Å². The van der Waals surface area contributed by atoms with Crippen LogP contribution in [0.25, 0.3) is 6.08 Å². The van der Waals surface area contributed by atoms with Gasteiger partial charge in [0.15, 0.2) is 0 Å². The Bertz CT molecular complexity index is 1350. The molecular weight excluding hydrogens is 450 g/mol. The van der Waals surface area contributed by atoms with E-state index in [1.165, 1.54) is 0 Å². The van der Waals surface area contributed by atoms with E-state index in [-0.39, 0.29) is 11.6 Å². The summed E-state index contributed by atoms with van der Waals surface area (Å²) in [6, 6.07) is 34.2. The normalized spacial score (nSPS) is 10.8. The van der Waals surface area contributed by atoms with Crippen molar-refractivity contribution in [3.8, 4) is 0 Å². The van der Waals surface area contributed by atoms with Gasteiger partial charge in [-0.2, -0.15) is 0 Å². The SMILES string of the molecule is O=C(NCc1ccccc1)C(=Cc1ccccc1)NC(=O)c1ccc(NC(=O)c2ccccc2)cc1. The van der Waals surface area contributed by atoms with E-state index in [0.29, 0.717) is 23.4 Å². The average molecular weight is 476 g/mol. The van der Waals surface area contributed by atoms with Crippen molar-refractivity contribution in [2.45, 2.75) is 6.54 Å². The van der Waals surface area contributed by atoms with Gasteiger partial charge in [-0.25, -0.2) is 0 Å². The molecule has 4 aromatic rings. The third-order valence-electron chi connectivity index (χ3n) is 5.34. The third-order valence-corrected chi connectivity index (χ3v) is 5.34. The number of benzene rings is 4. The Labute approximate surface area is 209 Å². The molecule has 0 bridgehead atoms. The van der Waals surface area contributed by atoms with Crippen molar-refractivity contribution in [1.82, 2.24) is 10.6 Å². The topological polar surface area (TPSA) is 87.3 Å². The van der Waals surface area contributed by atoms with Gasteiger partial charge in [-0.3, -0.25) is 14.4 Å². The van der Waals surface area contributed by atoms with Crippen molar-refractivity contribution >= 4 is 29.5 Å². The lowest BCUT2D eigenvalue weighted by Crippen LogP contribution is -2.34. The molecule has 3 N–H and O–H groups in total. The Morgan fingerprint density at radius 3 is 1.81 bits per heavy atom. The highest BCUT2D eigenvalue weighted by molar-refractivity contribution is 6.06. The molecule has 6 nitrogen and oxygen atoms in total. The third kappa shape index (κ3) is 6.77. The second-order valence-corrected chi connectivity index (χ2v) is 7.99. The lowest BCUT2D eigenvalue weighted by molar-refractivity contribution is -0.117. The van der Waals surface area contributed by atoms with Crippen LogP contribution in [0.1, 0.15) is 31.8 Å². The number of carbonyl (C=O) groups is 3. The molecule has 0 radical (unpaired) electrons. The van der Waals surface area contributed by atoms with E-state index in [1.807, 2.05) is 66.7 Å². The summed E-state index contributed by atoms with van der Waals surface area (Å²) in [7, 11) is 0. The van der Waals surface area contributed by atoms with Gasteiger partial charge >= 0.3 is 0 Å². The van der Waals surface area contributed by atoms with Crippen molar-refractivity contribution < 1.29 is 14.4 Å². The summed E-state index contributed by atoms with van der Waals surface area (Å²) >= 11 is 0. The summed E-state index contributed by atoms with van der Waals surface area (Å²) in [6.07, 6.45) is 1.63. The summed E-state index contributed by atoms with van der Waals surface area (Å²) in [5.41, 5.74) is 3.30. The van der Waals surface area contributed by atoms with Crippen LogP contribution < -0.4 is 16.0 Å². The molecule has 6 heteroatoms. The van der Waals surface area contributed by atoms with Crippen LogP contribution in [-0.4, -0.2) is 17.7 Å². The van der Waals surface area contributed by atoms with Gasteiger partial charge in [-0.05, 0) is 53.6 Å². The van der Waals surface area contributed by atoms with Gasteiger partial charge in [0.25, 0.3) is 17.7 Å². The van der Waals surface area contributed by atoms with Gasteiger partial charge < -0.3 is 16.0 Å². The molecule has 0 heterocycles. The molecule has 178 valence electrons. The van der Waals surface area contributed by atoms with E-state index >= 15 is 0 Å². The highest BCUT2D eigenvalue weighted by Gasteiger charge is 2.15. The molecule has 0 saturated carbocycles. The van der Waals surface area contributed by atoms with Crippen LogP contribution in [0, 0.1) is 0 Å². The van der Waals surface area contributed by atoms with Crippen LogP contribution in [0.15, 0.2) is 121 Å². The molecule has 0 aliphatic rings. The molecular formula is C30H25N3O3. The van der Waals surface area contributed by atoms with Crippen LogP contribution in [-0.2, 0) is 11.3 Å². The number of amides is 3. The number of hydrogen-bond donors (Lipinski definition) is 3. The van der Waals surface area contributed by atoms with E-state index < -0.39 is 11.8 Å². The van der Waals surface area contributed by atoms with E-state index in [4.69, 9.17) is 0 Å². The summed E-state index contributed by atoms with van der Waals surface area (Å²) in [6.45, 7) is 0.331. The summed E-state index contributed by atoms with van der Waals surface area (Å²) in [5.74, 6) is -1.08. The minimum atomic E-state index is -0.437. The monoisotopic (exact) mass is 475 g/mol. The predicted molar refractivity (Wildman–Crippen MR) is 141 cm³/mol. The summed E-state index contributed by atoms with van der Waals surface area (Å²) < 4.78 is 0. The van der Waals surface area contributed by atoms with Gasteiger partial charge in [0.1, 0.15) is 5.70 Å². The number of carbonyl (C=O) groups excluding carboxylic acids is 3. The zero-order valence-corrected chi connectivity index (χ0v) is 19.5. The first kappa shape index (κ1) is 24.2. The Morgan fingerprint density at radius 2 is 1.17 bits per heavy atom. The minimum absolute atomic E-state index is 0.128. The fraction of sp³-hybridized carbons (Fsp3) is 0.0333. The largest absolute Gasteiger partial charge is 0.347 e.